The van der Waals surface area contributed by atoms with Crippen molar-refractivity contribution >= 4 is 28.5 Å². The molecule has 1 aliphatic heterocycles. The summed E-state index contributed by atoms with van der Waals surface area (Å²) in [7, 11) is 1.62. The van der Waals surface area contributed by atoms with Crippen molar-refractivity contribution in [2.24, 2.45) is 4.99 Å². The number of carbonyl (C=O) groups is 1. The Morgan fingerprint density at radius 1 is 1.23 bits per heavy atom. The Kier molecular flexibility index (Phi) is 6.17. The lowest BCUT2D eigenvalue weighted by Crippen LogP contribution is -2.41. The third kappa shape index (κ3) is 4.58. The van der Waals surface area contributed by atoms with E-state index in [4.69, 9.17) is 14.5 Å². The van der Waals surface area contributed by atoms with Crippen molar-refractivity contribution in [3.8, 4) is 11.5 Å². The second-order valence-corrected chi connectivity index (χ2v) is 6.98. The third-order valence-electron chi connectivity index (χ3n) is 3.95. The van der Waals surface area contributed by atoms with Gasteiger partial charge in [-0.2, -0.15) is 0 Å². The van der Waals surface area contributed by atoms with Crippen LogP contribution in [-0.4, -0.2) is 42.0 Å². The minimum absolute atomic E-state index is 0.00541. The van der Waals surface area contributed by atoms with Crippen LogP contribution in [0.2, 0.25) is 0 Å². The summed E-state index contributed by atoms with van der Waals surface area (Å²) in [5, 5.41) is 0.696. The highest BCUT2D eigenvalue weighted by molar-refractivity contribution is 8.13. The lowest BCUT2D eigenvalue weighted by molar-refractivity contribution is -0.129. The summed E-state index contributed by atoms with van der Waals surface area (Å²) in [4.78, 5) is 19.1. The molecule has 1 fully saturated rings. The third-order valence-corrected chi connectivity index (χ3v) is 5.01. The molecule has 1 aliphatic rings. The van der Waals surface area contributed by atoms with Gasteiger partial charge in [-0.15, -0.1) is 0 Å². The van der Waals surface area contributed by atoms with E-state index in [1.165, 1.54) is 0 Å². The second kappa shape index (κ2) is 8.76. The number of aryl methyl sites for hydroxylation is 1. The zero-order valence-corrected chi connectivity index (χ0v) is 15.8. The molecule has 0 radical (unpaired) electrons. The maximum atomic E-state index is 12.7. The van der Waals surface area contributed by atoms with Crippen molar-refractivity contribution < 1.29 is 14.3 Å². The molecule has 0 saturated carbocycles. The first-order valence-electron chi connectivity index (χ1n) is 8.52. The number of carbonyl (C=O) groups excluding carboxylic acids is 1. The topological polar surface area (TPSA) is 51.1 Å². The van der Waals surface area contributed by atoms with Gasteiger partial charge in [0.1, 0.15) is 17.2 Å². The quantitative estimate of drug-likeness (QED) is 0.797. The average Bonchev–Trinajstić information content (AvgIpc) is 2.67. The number of amidine groups is 1. The molecule has 0 unspecified atom stereocenters. The van der Waals surface area contributed by atoms with E-state index < -0.39 is 0 Å². The number of hydrogen-bond acceptors (Lipinski definition) is 5. The number of hydrogen-bond donors (Lipinski definition) is 0. The molecule has 2 aromatic carbocycles. The number of benzene rings is 2. The monoisotopic (exact) mass is 370 g/mol. The number of rotatable bonds is 5. The number of methoxy groups -OCH3 is 1. The fourth-order valence-electron chi connectivity index (χ4n) is 2.61. The van der Waals surface area contributed by atoms with Crippen molar-refractivity contribution in [2.45, 2.75) is 13.3 Å². The van der Waals surface area contributed by atoms with Crippen LogP contribution >= 0.6 is 11.8 Å². The summed E-state index contributed by atoms with van der Waals surface area (Å²) in [6.07, 6.45) is 0.936. The van der Waals surface area contributed by atoms with E-state index in [-0.39, 0.29) is 12.5 Å². The fraction of sp³-hybridized carbons (Fsp3) is 0.300. The summed E-state index contributed by atoms with van der Waals surface area (Å²) >= 11 is 1.59. The van der Waals surface area contributed by atoms with Crippen molar-refractivity contribution in [3.05, 3.63) is 54.1 Å². The van der Waals surface area contributed by atoms with Crippen LogP contribution in [0.15, 0.2) is 53.5 Å². The van der Waals surface area contributed by atoms with E-state index in [9.17, 15) is 4.79 Å². The summed E-state index contributed by atoms with van der Waals surface area (Å²) < 4.78 is 11.0. The number of ether oxygens (including phenoxy) is 2. The zero-order chi connectivity index (χ0) is 18.4. The van der Waals surface area contributed by atoms with Gasteiger partial charge in [-0.1, -0.05) is 36.0 Å². The van der Waals surface area contributed by atoms with Gasteiger partial charge >= 0.3 is 0 Å². The molecule has 3 rings (SSSR count). The molecule has 0 N–H and O–H groups in total. The van der Waals surface area contributed by atoms with Gasteiger partial charge in [-0.25, -0.2) is 4.99 Å². The molecule has 1 heterocycles. The van der Waals surface area contributed by atoms with Gasteiger partial charge in [0, 0.05) is 12.3 Å². The standard InChI is InChI=1S/C20H22N2O3S/c1-15-9-10-18(24-2)17(13-15)21-20-22(11-6-12-26-20)19(23)14-25-16-7-4-3-5-8-16/h3-5,7-10,13H,6,11-12,14H2,1-2H3. The molecule has 0 aromatic heterocycles. The summed E-state index contributed by atoms with van der Waals surface area (Å²) in [6, 6.07) is 15.2. The molecule has 0 atom stereocenters. The minimum atomic E-state index is -0.0913. The van der Waals surface area contributed by atoms with E-state index in [2.05, 4.69) is 0 Å². The summed E-state index contributed by atoms with van der Waals surface area (Å²) in [5.41, 5.74) is 1.83. The SMILES string of the molecule is COc1ccc(C)cc1N=C1SCCCN1C(=O)COc1ccccc1. The fourth-order valence-corrected chi connectivity index (χ4v) is 3.58. The molecule has 1 saturated heterocycles. The summed E-state index contributed by atoms with van der Waals surface area (Å²) in [5.74, 6) is 2.23. The van der Waals surface area contributed by atoms with Crippen LogP contribution in [0.3, 0.4) is 0 Å². The van der Waals surface area contributed by atoms with Gasteiger partial charge in [0.25, 0.3) is 5.91 Å². The van der Waals surface area contributed by atoms with E-state index in [0.29, 0.717) is 23.2 Å². The first-order chi connectivity index (χ1) is 12.7. The Morgan fingerprint density at radius 2 is 2.04 bits per heavy atom. The minimum Gasteiger partial charge on any atom is -0.494 e. The predicted molar refractivity (Wildman–Crippen MR) is 106 cm³/mol. The van der Waals surface area contributed by atoms with Gasteiger partial charge in [-0.05, 0) is 43.2 Å². The van der Waals surface area contributed by atoms with Crippen LogP contribution in [0.5, 0.6) is 11.5 Å². The van der Waals surface area contributed by atoms with Crippen LogP contribution < -0.4 is 9.47 Å². The first kappa shape index (κ1) is 18.3. The largest absolute Gasteiger partial charge is 0.494 e. The van der Waals surface area contributed by atoms with E-state index >= 15 is 0 Å². The van der Waals surface area contributed by atoms with E-state index in [0.717, 1.165) is 23.4 Å². The highest BCUT2D eigenvalue weighted by Crippen LogP contribution is 2.31. The van der Waals surface area contributed by atoms with E-state index in [1.54, 1.807) is 23.8 Å². The maximum absolute atomic E-state index is 12.7. The molecule has 26 heavy (non-hydrogen) atoms. The second-order valence-electron chi connectivity index (χ2n) is 5.92. The molecular formula is C20H22N2O3S. The Morgan fingerprint density at radius 3 is 2.81 bits per heavy atom. The lowest BCUT2D eigenvalue weighted by atomic mass is 10.2. The van der Waals surface area contributed by atoms with Gasteiger partial charge < -0.3 is 9.47 Å². The van der Waals surface area contributed by atoms with E-state index in [1.807, 2.05) is 55.5 Å². The van der Waals surface area contributed by atoms with Gasteiger partial charge in [-0.3, -0.25) is 9.69 Å². The Bertz CT molecular complexity index is 793. The summed E-state index contributed by atoms with van der Waals surface area (Å²) in [6.45, 7) is 2.65. The number of para-hydroxylation sites is 1. The average molecular weight is 370 g/mol. The lowest BCUT2D eigenvalue weighted by Gasteiger charge is -2.27. The van der Waals surface area contributed by atoms with Crippen molar-refractivity contribution in [1.82, 2.24) is 4.90 Å². The molecule has 1 amide bonds. The zero-order valence-electron chi connectivity index (χ0n) is 15.0. The normalized spacial score (nSPS) is 15.8. The van der Waals surface area contributed by atoms with Gasteiger partial charge in [0.15, 0.2) is 11.8 Å². The van der Waals surface area contributed by atoms with Crippen LogP contribution in [0.1, 0.15) is 12.0 Å². The van der Waals surface area contributed by atoms with Crippen LogP contribution in [0.4, 0.5) is 5.69 Å². The van der Waals surface area contributed by atoms with Crippen molar-refractivity contribution in [3.63, 3.8) is 0 Å². The van der Waals surface area contributed by atoms with Crippen molar-refractivity contribution in [1.29, 1.82) is 0 Å². The first-order valence-corrected chi connectivity index (χ1v) is 9.50. The smallest absolute Gasteiger partial charge is 0.266 e. The van der Waals surface area contributed by atoms with Gasteiger partial charge in [0.05, 0.1) is 7.11 Å². The number of amides is 1. The van der Waals surface area contributed by atoms with Crippen LogP contribution in [0.25, 0.3) is 0 Å². The highest BCUT2D eigenvalue weighted by atomic mass is 32.2. The molecule has 0 bridgehead atoms. The molecule has 0 aliphatic carbocycles. The number of aliphatic imine (C=N–C) groups is 1. The highest BCUT2D eigenvalue weighted by Gasteiger charge is 2.24. The number of thioether (sulfide) groups is 1. The Hall–Kier alpha value is -2.47. The van der Waals surface area contributed by atoms with Crippen LogP contribution in [0, 0.1) is 6.92 Å². The van der Waals surface area contributed by atoms with Crippen LogP contribution in [-0.2, 0) is 4.79 Å². The van der Waals surface area contributed by atoms with Gasteiger partial charge in [0.2, 0.25) is 0 Å². The molecular weight excluding hydrogens is 348 g/mol. The van der Waals surface area contributed by atoms with Crippen molar-refractivity contribution in [2.75, 3.05) is 26.0 Å². The molecule has 136 valence electrons. The Balaban J connectivity index is 1.77. The molecule has 5 nitrogen and oxygen atoms in total. The molecule has 2 aromatic rings. The molecule has 6 heteroatoms. The Labute approximate surface area is 158 Å². The molecule has 0 spiro atoms. The maximum Gasteiger partial charge on any atom is 0.266 e. The number of nitrogens with zero attached hydrogens (tertiary/aromatic N) is 2. The predicted octanol–water partition coefficient (Wildman–Crippen LogP) is 4.04.